The maximum atomic E-state index is 5.12. The maximum absolute atomic E-state index is 5.12. The SMILES string of the molecule is CNCCCc1nc(-c2ccncn2)no1. The molecule has 2 rings (SSSR count). The van der Waals surface area contributed by atoms with Gasteiger partial charge in [-0.05, 0) is 26.1 Å². The van der Waals surface area contributed by atoms with Gasteiger partial charge in [0.05, 0.1) is 0 Å². The summed E-state index contributed by atoms with van der Waals surface area (Å²) in [6.07, 6.45) is 4.87. The van der Waals surface area contributed by atoms with Crippen molar-refractivity contribution in [2.24, 2.45) is 0 Å². The molecule has 2 heterocycles. The van der Waals surface area contributed by atoms with Gasteiger partial charge < -0.3 is 9.84 Å². The minimum Gasteiger partial charge on any atom is -0.339 e. The average molecular weight is 219 g/mol. The van der Waals surface area contributed by atoms with Gasteiger partial charge in [-0.25, -0.2) is 9.97 Å². The van der Waals surface area contributed by atoms with Crippen LogP contribution in [0.15, 0.2) is 23.1 Å². The zero-order chi connectivity index (χ0) is 11.2. The molecule has 1 N–H and O–H groups in total. The molecular weight excluding hydrogens is 206 g/mol. The first-order valence-corrected chi connectivity index (χ1v) is 5.13. The molecule has 0 unspecified atom stereocenters. The van der Waals surface area contributed by atoms with Crippen molar-refractivity contribution in [3.8, 4) is 11.5 Å². The van der Waals surface area contributed by atoms with E-state index in [4.69, 9.17) is 4.52 Å². The van der Waals surface area contributed by atoms with Gasteiger partial charge >= 0.3 is 0 Å². The van der Waals surface area contributed by atoms with E-state index in [2.05, 4.69) is 25.4 Å². The second-order valence-electron chi connectivity index (χ2n) is 3.31. The third-order valence-corrected chi connectivity index (χ3v) is 2.10. The van der Waals surface area contributed by atoms with Crippen molar-refractivity contribution < 1.29 is 4.52 Å². The summed E-state index contributed by atoms with van der Waals surface area (Å²) in [4.78, 5) is 12.1. The smallest absolute Gasteiger partial charge is 0.227 e. The van der Waals surface area contributed by atoms with Gasteiger partial charge in [0.1, 0.15) is 12.0 Å². The quantitative estimate of drug-likeness (QED) is 0.745. The summed E-state index contributed by atoms with van der Waals surface area (Å²) in [5.74, 6) is 1.16. The molecule has 0 atom stereocenters. The maximum Gasteiger partial charge on any atom is 0.227 e. The van der Waals surface area contributed by atoms with E-state index in [0.717, 1.165) is 19.4 Å². The standard InChI is InChI=1S/C10H13N5O/c1-11-5-2-3-9-14-10(15-16-9)8-4-6-12-7-13-8/h4,6-7,11H,2-3,5H2,1H3. The summed E-state index contributed by atoms with van der Waals surface area (Å²) in [7, 11) is 1.92. The first kappa shape index (κ1) is 10.7. The van der Waals surface area contributed by atoms with Crippen LogP contribution in [0.1, 0.15) is 12.3 Å². The van der Waals surface area contributed by atoms with Crippen LogP contribution in [0, 0.1) is 0 Å². The minimum absolute atomic E-state index is 0.516. The van der Waals surface area contributed by atoms with Crippen molar-refractivity contribution in [3.05, 3.63) is 24.5 Å². The van der Waals surface area contributed by atoms with Crippen molar-refractivity contribution in [1.82, 2.24) is 25.4 Å². The van der Waals surface area contributed by atoms with Crippen molar-refractivity contribution in [3.63, 3.8) is 0 Å². The second kappa shape index (κ2) is 5.32. The van der Waals surface area contributed by atoms with Crippen molar-refractivity contribution in [2.75, 3.05) is 13.6 Å². The van der Waals surface area contributed by atoms with E-state index in [1.165, 1.54) is 6.33 Å². The molecule has 0 bridgehead atoms. The molecule has 0 aliphatic carbocycles. The lowest BCUT2D eigenvalue weighted by Crippen LogP contribution is -2.08. The van der Waals surface area contributed by atoms with E-state index >= 15 is 0 Å². The van der Waals surface area contributed by atoms with E-state index < -0.39 is 0 Å². The number of hydrogen-bond acceptors (Lipinski definition) is 6. The summed E-state index contributed by atoms with van der Waals surface area (Å²) in [5, 5.41) is 6.93. The molecule has 0 radical (unpaired) electrons. The Bertz CT molecular complexity index is 428. The normalized spacial score (nSPS) is 10.6. The largest absolute Gasteiger partial charge is 0.339 e. The van der Waals surface area contributed by atoms with E-state index in [-0.39, 0.29) is 0 Å². The highest BCUT2D eigenvalue weighted by Gasteiger charge is 2.08. The molecule has 16 heavy (non-hydrogen) atoms. The van der Waals surface area contributed by atoms with Gasteiger partial charge in [0.25, 0.3) is 0 Å². The summed E-state index contributed by atoms with van der Waals surface area (Å²) in [5.41, 5.74) is 0.679. The molecule has 0 aromatic carbocycles. The highest BCUT2D eigenvalue weighted by Crippen LogP contribution is 2.11. The predicted molar refractivity (Wildman–Crippen MR) is 57.6 cm³/mol. The fraction of sp³-hybridized carbons (Fsp3) is 0.400. The van der Waals surface area contributed by atoms with Crippen LogP contribution in [0.5, 0.6) is 0 Å². The monoisotopic (exact) mass is 219 g/mol. The predicted octanol–water partition coefficient (Wildman–Crippen LogP) is 0.679. The van der Waals surface area contributed by atoms with Gasteiger partial charge in [0.15, 0.2) is 0 Å². The molecule has 84 valence electrons. The molecule has 0 saturated carbocycles. The topological polar surface area (TPSA) is 76.7 Å². The molecule has 6 nitrogen and oxygen atoms in total. The third-order valence-electron chi connectivity index (χ3n) is 2.10. The fourth-order valence-electron chi connectivity index (χ4n) is 1.30. The van der Waals surface area contributed by atoms with E-state index in [1.54, 1.807) is 12.3 Å². The van der Waals surface area contributed by atoms with Crippen molar-refractivity contribution in [2.45, 2.75) is 12.8 Å². The van der Waals surface area contributed by atoms with Gasteiger partial charge in [-0.2, -0.15) is 4.98 Å². The summed E-state index contributed by atoms with van der Waals surface area (Å²) < 4.78 is 5.12. The Morgan fingerprint density at radius 3 is 3.12 bits per heavy atom. The van der Waals surface area contributed by atoms with Crippen molar-refractivity contribution in [1.29, 1.82) is 0 Å². The highest BCUT2D eigenvalue weighted by atomic mass is 16.5. The van der Waals surface area contributed by atoms with Gasteiger partial charge in [-0.3, -0.25) is 0 Å². The minimum atomic E-state index is 0.516. The Morgan fingerprint density at radius 1 is 1.44 bits per heavy atom. The molecule has 2 aromatic rings. The lowest BCUT2D eigenvalue weighted by Gasteiger charge is -1.93. The van der Waals surface area contributed by atoms with Crippen LogP contribution in [0.4, 0.5) is 0 Å². The number of nitrogens with one attached hydrogen (secondary N) is 1. The summed E-state index contributed by atoms with van der Waals surface area (Å²) in [6.45, 7) is 0.936. The molecule has 0 fully saturated rings. The van der Waals surface area contributed by atoms with Gasteiger partial charge in [-0.1, -0.05) is 5.16 Å². The van der Waals surface area contributed by atoms with Gasteiger partial charge in [-0.15, -0.1) is 0 Å². The Labute approximate surface area is 93.1 Å². The summed E-state index contributed by atoms with van der Waals surface area (Å²) >= 11 is 0. The number of nitrogens with zero attached hydrogens (tertiary/aromatic N) is 4. The molecule has 0 aliphatic rings. The van der Waals surface area contributed by atoms with E-state index in [1.807, 2.05) is 7.05 Å². The van der Waals surface area contributed by atoms with Crippen LogP contribution in [-0.2, 0) is 6.42 Å². The molecular formula is C10H13N5O. The van der Waals surface area contributed by atoms with Crippen LogP contribution >= 0.6 is 0 Å². The van der Waals surface area contributed by atoms with Gasteiger partial charge in [0.2, 0.25) is 11.7 Å². The van der Waals surface area contributed by atoms with Crippen LogP contribution < -0.4 is 5.32 Å². The van der Waals surface area contributed by atoms with Crippen molar-refractivity contribution >= 4 is 0 Å². The van der Waals surface area contributed by atoms with E-state index in [9.17, 15) is 0 Å². The Hall–Kier alpha value is -1.82. The molecule has 0 saturated heterocycles. The lowest BCUT2D eigenvalue weighted by molar-refractivity contribution is 0.375. The van der Waals surface area contributed by atoms with E-state index in [0.29, 0.717) is 17.4 Å². The molecule has 2 aromatic heterocycles. The fourth-order valence-corrected chi connectivity index (χ4v) is 1.30. The zero-order valence-corrected chi connectivity index (χ0v) is 9.05. The summed E-state index contributed by atoms with van der Waals surface area (Å²) in [6, 6.07) is 1.75. The highest BCUT2D eigenvalue weighted by molar-refractivity contribution is 5.46. The number of aryl methyl sites for hydroxylation is 1. The van der Waals surface area contributed by atoms with Crippen LogP contribution in [-0.4, -0.2) is 33.7 Å². The first-order chi connectivity index (χ1) is 7.90. The van der Waals surface area contributed by atoms with Crippen LogP contribution in [0.25, 0.3) is 11.5 Å². The number of rotatable bonds is 5. The zero-order valence-electron chi connectivity index (χ0n) is 9.05. The Balaban J connectivity index is 2.02. The Kier molecular flexibility index (Phi) is 3.55. The van der Waals surface area contributed by atoms with Gasteiger partial charge in [0, 0.05) is 12.6 Å². The van der Waals surface area contributed by atoms with Crippen LogP contribution in [0.3, 0.4) is 0 Å². The molecule has 0 aliphatic heterocycles. The number of hydrogen-bond donors (Lipinski definition) is 1. The second-order valence-corrected chi connectivity index (χ2v) is 3.31. The molecule has 0 amide bonds. The molecule has 0 spiro atoms. The third kappa shape index (κ3) is 2.60. The van der Waals surface area contributed by atoms with Crippen LogP contribution in [0.2, 0.25) is 0 Å². The average Bonchev–Trinajstić information content (AvgIpc) is 2.79. The number of aromatic nitrogens is 4. The Morgan fingerprint density at radius 2 is 2.38 bits per heavy atom. The first-order valence-electron chi connectivity index (χ1n) is 5.13. The molecule has 6 heteroatoms. The lowest BCUT2D eigenvalue weighted by atomic mass is 10.3.